The summed E-state index contributed by atoms with van der Waals surface area (Å²) in [5.74, 6) is -0.357. The first-order valence-electron chi connectivity index (χ1n) is 6.61. The Labute approximate surface area is 143 Å². The van der Waals surface area contributed by atoms with Crippen LogP contribution in [-0.2, 0) is 9.59 Å². The number of carboxylic acid groups (broad SMARTS) is 1. The number of thioether (sulfide) groups is 1. The van der Waals surface area contributed by atoms with E-state index in [2.05, 4.69) is 0 Å². The Hall–Kier alpha value is -2.06. The molecule has 8 heteroatoms. The number of aliphatic carboxylic acids is 1. The molecule has 1 heterocycles. The highest BCUT2D eigenvalue weighted by molar-refractivity contribution is 8.26. The third-order valence-electron chi connectivity index (χ3n) is 3.30. The van der Waals surface area contributed by atoms with Gasteiger partial charge in [-0.3, -0.25) is 9.69 Å². The highest BCUT2D eigenvalue weighted by Gasteiger charge is 2.38. The maximum Gasteiger partial charge on any atom is 0.326 e. The van der Waals surface area contributed by atoms with Crippen molar-refractivity contribution in [3.05, 3.63) is 28.7 Å². The van der Waals surface area contributed by atoms with Crippen LogP contribution >= 0.6 is 24.0 Å². The predicted octanol–water partition coefficient (Wildman–Crippen LogP) is 2.38. The summed E-state index contributed by atoms with van der Waals surface area (Å²) in [7, 11) is 3.07. The Balaban J connectivity index is 2.36. The SMILES string of the molecule is COc1ccc(/C=C2/SC(=S)N(C(C)C(=O)O)C2=O)c(OC)c1. The minimum atomic E-state index is -1.11. The van der Waals surface area contributed by atoms with Crippen LogP contribution < -0.4 is 9.47 Å². The van der Waals surface area contributed by atoms with Gasteiger partial charge < -0.3 is 14.6 Å². The number of amides is 1. The second kappa shape index (κ2) is 7.01. The molecule has 1 N–H and O–H groups in total. The fourth-order valence-corrected chi connectivity index (χ4v) is 3.41. The number of rotatable bonds is 5. The van der Waals surface area contributed by atoms with E-state index in [9.17, 15) is 9.59 Å². The highest BCUT2D eigenvalue weighted by atomic mass is 32.2. The van der Waals surface area contributed by atoms with E-state index in [0.717, 1.165) is 16.7 Å². The van der Waals surface area contributed by atoms with Gasteiger partial charge in [-0.1, -0.05) is 24.0 Å². The fraction of sp³-hybridized carbons (Fsp3) is 0.267. The fourth-order valence-electron chi connectivity index (χ4n) is 2.00. The lowest BCUT2D eigenvalue weighted by Gasteiger charge is -2.18. The summed E-state index contributed by atoms with van der Waals surface area (Å²) in [5.41, 5.74) is 0.678. The molecule has 1 aliphatic heterocycles. The van der Waals surface area contributed by atoms with Crippen molar-refractivity contribution in [3.8, 4) is 11.5 Å². The molecule has 23 heavy (non-hydrogen) atoms. The van der Waals surface area contributed by atoms with Crippen LogP contribution in [0.3, 0.4) is 0 Å². The van der Waals surface area contributed by atoms with Gasteiger partial charge in [0, 0.05) is 11.6 Å². The number of methoxy groups -OCH3 is 2. The molecule has 1 aromatic carbocycles. The Kier molecular flexibility index (Phi) is 5.27. The van der Waals surface area contributed by atoms with Crippen molar-refractivity contribution in [2.45, 2.75) is 13.0 Å². The third kappa shape index (κ3) is 3.48. The number of ether oxygens (including phenoxy) is 2. The predicted molar refractivity (Wildman–Crippen MR) is 91.7 cm³/mol. The average Bonchev–Trinajstić information content (AvgIpc) is 2.80. The molecule has 0 spiro atoms. The number of hydrogen-bond donors (Lipinski definition) is 1. The topological polar surface area (TPSA) is 76.1 Å². The Morgan fingerprint density at radius 1 is 1.39 bits per heavy atom. The monoisotopic (exact) mass is 353 g/mol. The van der Waals surface area contributed by atoms with Gasteiger partial charge in [-0.15, -0.1) is 0 Å². The van der Waals surface area contributed by atoms with Gasteiger partial charge in [-0.25, -0.2) is 4.79 Å². The average molecular weight is 353 g/mol. The minimum absolute atomic E-state index is 0.226. The molecule has 1 atom stereocenters. The van der Waals surface area contributed by atoms with E-state index in [4.69, 9.17) is 26.8 Å². The number of thiocarbonyl (C=S) groups is 1. The second-order valence-corrected chi connectivity index (χ2v) is 6.35. The van der Waals surface area contributed by atoms with Crippen LogP contribution in [0.2, 0.25) is 0 Å². The van der Waals surface area contributed by atoms with E-state index in [0.29, 0.717) is 22.0 Å². The quantitative estimate of drug-likeness (QED) is 0.643. The van der Waals surface area contributed by atoms with Crippen LogP contribution in [0, 0.1) is 0 Å². The van der Waals surface area contributed by atoms with Gasteiger partial charge in [-0.2, -0.15) is 0 Å². The zero-order valence-electron chi connectivity index (χ0n) is 12.7. The van der Waals surface area contributed by atoms with Gasteiger partial charge in [0.1, 0.15) is 21.9 Å². The van der Waals surface area contributed by atoms with Crippen LogP contribution in [0.15, 0.2) is 23.1 Å². The number of hydrogen-bond acceptors (Lipinski definition) is 6. The normalized spacial score (nSPS) is 17.5. The summed E-state index contributed by atoms with van der Waals surface area (Å²) in [6.07, 6.45) is 1.63. The van der Waals surface area contributed by atoms with Crippen molar-refractivity contribution in [2.75, 3.05) is 14.2 Å². The lowest BCUT2D eigenvalue weighted by molar-refractivity contribution is -0.144. The van der Waals surface area contributed by atoms with Gasteiger partial charge >= 0.3 is 5.97 Å². The lowest BCUT2D eigenvalue weighted by Crippen LogP contribution is -2.41. The molecule has 122 valence electrons. The number of nitrogens with zero attached hydrogens (tertiary/aromatic N) is 1. The number of carbonyl (C=O) groups excluding carboxylic acids is 1. The molecule has 1 fully saturated rings. The summed E-state index contributed by atoms with van der Waals surface area (Å²) in [4.78, 5) is 25.0. The molecule has 1 aromatic rings. The Morgan fingerprint density at radius 2 is 2.09 bits per heavy atom. The molecular weight excluding hydrogens is 338 g/mol. The molecule has 6 nitrogen and oxygen atoms in total. The Bertz CT molecular complexity index is 701. The molecule has 0 saturated carbocycles. The van der Waals surface area contributed by atoms with Gasteiger partial charge in [0.15, 0.2) is 0 Å². The van der Waals surface area contributed by atoms with E-state index in [-0.39, 0.29) is 4.32 Å². The van der Waals surface area contributed by atoms with Crippen molar-refractivity contribution < 1.29 is 24.2 Å². The molecule has 0 aromatic heterocycles. The number of benzene rings is 1. The minimum Gasteiger partial charge on any atom is -0.497 e. The first-order valence-corrected chi connectivity index (χ1v) is 7.83. The number of carbonyl (C=O) groups is 2. The molecule has 0 bridgehead atoms. The smallest absolute Gasteiger partial charge is 0.326 e. The van der Waals surface area contributed by atoms with E-state index < -0.39 is 17.9 Å². The van der Waals surface area contributed by atoms with Crippen LogP contribution in [0.5, 0.6) is 11.5 Å². The molecule has 1 saturated heterocycles. The van der Waals surface area contributed by atoms with E-state index in [1.807, 2.05) is 0 Å². The van der Waals surface area contributed by atoms with Gasteiger partial charge in [0.25, 0.3) is 5.91 Å². The number of carboxylic acids is 1. The van der Waals surface area contributed by atoms with Gasteiger partial charge in [-0.05, 0) is 25.1 Å². The summed E-state index contributed by atoms with van der Waals surface area (Å²) < 4.78 is 10.6. The van der Waals surface area contributed by atoms with Crippen LogP contribution in [0.25, 0.3) is 6.08 Å². The standard InChI is InChI=1S/C15H15NO5S2/c1-8(14(18)19)16-13(17)12(23-15(16)22)6-9-4-5-10(20-2)7-11(9)21-3/h4-8H,1-3H3,(H,18,19)/b12-6+. The molecule has 0 aliphatic carbocycles. The van der Waals surface area contributed by atoms with E-state index >= 15 is 0 Å². The Morgan fingerprint density at radius 3 is 2.65 bits per heavy atom. The first-order chi connectivity index (χ1) is 10.9. The van der Waals surface area contributed by atoms with Crippen LogP contribution in [0.1, 0.15) is 12.5 Å². The molecule has 0 radical (unpaired) electrons. The van der Waals surface area contributed by atoms with Crippen molar-refractivity contribution in [1.82, 2.24) is 4.90 Å². The van der Waals surface area contributed by atoms with Crippen molar-refractivity contribution in [2.24, 2.45) is 0 Å². The second-order valence-electron chi connectivity index (χ2n) is 4.67. The van der Waals surface area contributed by atoms with Crippen molar-refractivity contribution in [1.29, 1.82) is 0 Å². The highest BCUT2D eigenvalue weighted by Crippen LogP contribution is 2.36. The van der Waals surface area contributed by atoms with Crippen molar-refractivity contribution in [3.63, 3.8) is 0 Å². The zero-order valence-corrected chi connectivity index (χ0v) is 14.4. The summed E-state index contributed by atoms with van der Waals surface area (Å²) in [6, 6.07) is 4.19. The zero-order chi connectivity index (χ0) is 17.1. The van der Waals surface area contributed by atoms with E-state index in [1.165, 1.54) is 14.0 Å². The molecule has 2 rings (SSSR count). The summed E-state index contributed by atoms with van der Waals surface area (Å²) in [6.45, 7) is 1.42. The molecule has 1 aliphatic rings. The van der Waals surface area contributed by atoms with Crippen LogP contribution in [0.4, 0.5) is 0 Å². The van der Waals surface area contributed by atoms with Crippen LogP contribution in [-0.4, -0.2) is 46.5 Å². The molecule has 1 amide bonds. The maximum absolute atomic E-state index is 12.4. The summed E-state index contributed by atoms with van der Waals surface area (Å²) >= 11 is 6.19. The maximum atomic E-state index is 12.4. The van der Waals surface area contributed by atoms with Gasteiger partial charge in [0.2, 0.25) is 0 Å². The van der Waals surface area contributed by atoms with E-state index in [1.54, 1.807) is 31.4 Å². The van der Waals surface area contributed by atoms with Crippen molar-refractivity contribution >= 4 is 46.3 Å². The van der Waals surface area contributed by atoms with Gasteiger partial charge in [0.05, 0.1) is 19.1 Å². The first kappa shape index (κ1) is 17.3. The lowest BCUT2D eigenvalue weighted by atomic mass is 10.1. The third-order valence-corrected chi connectivity index (χ3v) is 4.63. The molecular formula is C15H15NO5S2. The molecule has 1 unspecified atom stereocenters. The largest absolute Gasteiger partial charge is 0.497 e. The summed E-state index contributed by atoms with van der Waals surface area (Å²) in [5, 5.41) is 9.08.